The molecule has 0 aliphatic carbocycles. The summed E-state index contributed by atoms with van der Waals surface area (Å²) in [5.41, 5.74) is 0.846. The molecule has 2 rings (SSSR count). The van der Waals surface area contributed by atoms with Crippen LogP contribution >= 0.6 is 11.6 Å². The SMILES string of the molecule is CCCC(Cl)CNc1nccc2occc12. The van der Waals surface area contributed by atoms with Crippen LogP contribution in [0.3, 0.4) is 0 Å². The summed E-state index contributed by atoms with van der Waals surface area (Å²) in [4.78, 5) is 4.28. The molecule has 0 saturated carbocycles. The van der Waals surface area contributed by atoms with Crippen molar-refractivity contribution in [1.82, 2.24) is 4.98 Å². The summed E-state index contributed by atoms with van der Waals surface area (Å²) in [5.74, 6) is 0.841. The predicted octanol–water partition coefficient (Wildman–Crippen LogP) is 3.65. The minimum atomic E-state index is 0.147. The zero-order chi connectivity index (χ0) is 11.4. The van der Waals surface area contributed by atoms with E-state index in [0.29, 0.717) is 0 Å². The first kappa shape index (κ1) is 11.3. The number of aromatic nitrogens is 1. The third kappa shape index (κ3) is 2.47. The van der Waals surface area contributed by atoms with E-state index in [1.54, 1.807) is 12.5 Å². The van der Waals surface area contributed by atoms with Gasteiger partial charge in [-0.2, -0.15) is 0 Å². The van der Waals surface area contributed by atoms with E-state index in [1.165, 1.54) is 0 Å². The molecule has 3 nitrogen and oxygen atoms in total. The highest BCUT2D eigenvalue weighted by molar-refractivity contribution is 6.20. The summed E-state index contributed by atoms with van der Waals surface area (Å²) in [6, 6.07) is 3.76. The smallest absolute Gasteiger partial charge is 0.139 e. The van der Waals surface area contributed by atoms with E-state index in [9.17, 15) is 0 Å². The fourth-order valence-electron chi connectivity index (χ4n) is 1.66. The minimum Gasteiger partial charge on any atom is -0.464 e. The van der Waals surface area contributed by atoms with Gasteiger partial charge in [0.25, 0.3) is 0 Å². The lowest BCUT2D eigenvalue weighted by Gasteiger charge is -2.10. The molecule has 0 bridgehead atoms. The van der Waals surface area contributed by atoms with Crippen molar-refractivity contribution in [3.63, 3.8) is 0 Å². The summed E-state index contributed by atoms with van der Waals surface area (Å²) in [7, 11) is 0. The lowest BCUT2D eigenvalue weighted by Crippen LogP contribution is -2.14. The van der Waals surface area contributed by atoms with Crippen LogP contribution in [-0.2, 0) is 0 Å². The topological polar surface area (TPSA) is 38.1 Å². The summed E-state index contributed by atoms with van der Waals surface area (Å²) >= 11 is 6.14. The third-order valence-corrected chi connectivity index (χ3v) is 2.85. The van der Waals surface area contributed by atoms with Crippen molar-refractivity contribution >= 4 is 28.4 Å². The molecule has 0 saturated heterocycles. The molecule has 0 fully saturated rings. The first-order valence-corrected chi connectivity index (χ1v) is 5.95. The molecule has 2 aromatic heterocycles. The van der Waals surface area contributed by atoms with E-state index < -0.39 is 0 Å². The van der Waals surface area contributed by atoms with Crippen molar-refractivity contribution in [2.24, 2.45) is 0 Å². The number of nitrogens with one attached hydrogen (secondary N) is 1. The van der Waals surface area contributed by atoms with Crippen LogP contribution in [0.15, 0.2) is 29.0 Å². The van der Waals surface area contributed by atoms with E-state index >= 15 is 0 Å². The standard InChI is InChI=1S/C12H15ClN2O/c1-2-3-9(13)8-15-12-10-5-7-16-11(10)4-6-14-12/h4-7,9H,2-3,8H2,1H3,(H,14,15). The lowest BCUT2D eigenvalue weighted by molar-refractivity contribution is 0.615. The highest BCUT2D eigenvalue weighted by atomic mass is 35.5. The molecule has 86 valence electrons. The van der Waals surface area contributed by atoms with Gasteiger partial charge in [0, 0.05) is 12.7 Å². The Hall–Kier alpha value is -1.22. The van der Waals surface area contributed by atoms with Crippen LogP contribution in [0.4, 0.5) is 5.82 Å². The van der Waals surface area contributed by atoms with Gasteiger partial charge in [0.2, 0.25) is 0 Å². The number of alkyl halides is 1. The van der Waals surface area contributed by atoms with Crippen LogP contribution in [0.2, 0.25) is 0 Å². The maximum atomic E-state index is 6.14. The maximum absolute atomic E-state index is 6.14. The minimum absolute atomic E-state index is 0.147. The largest absolute Gasteiger partial charge is 0.464 e. The second kappa shape index (κ2) is 5.21. The fourth-order valence-corrected chi connectivity index (χ4v) is 1.95. The molecule has 0 amide bonds. The number of pyridine rings is 1. The second-order valence-corrected chi connectivity index (χ2v) is 4.38. The summed E-state index contributed by atoms with van der Waals surface area (Å²) in [6.45, 7) is 2.86. The van der Waals surface area contributed by atoms with Crippen molar-refractivity contribution < 1.29 is 4.42 Å². The van der Waals surface area contributed by atoms with Crippen molar-refractivity contribution in [2.75, 3.05) is 11.9 Å². The number of hydrogen-bond donors (Lipinski definition) is 1. The molecule has 2 aromatic rings. The second-order valence-electron chi connectivity index (χ2n) is 3.76. The van der Waals surface area contributed by atoms with E-state index in [-0.39, 0.29) is 5.38 Å². The van der Waals surface area contributed by atoms with Crippen molar-refractivity contribution in [2.45, 2.75) is 25.1 Å². The molecule has 4 heteroatoms. The Bertz CT molecular complexity index is 455. The van der Waals surface area contributed by atoms with E-state index in [2.05, 4.69) is 17.2 Å². The first-order chi connectivity index (χ1) is 7.81. The van der Waals surface area contributed by atoms with Crippen molar-refractivity contribution in [3.05, 3.63) is 24.6 Å². The van der Waals surface area contributed by atoms with E-state index in [0.717, 1.165) is 36.2 Å². The van der Waals surface area contributed by atoms with Gasteiger partial charge in [-0.05, 0) is 18.6 Å². The summed E-state index contributed by atoms with van der Waals surface area (Å²) in [5, 5.41) is 4.41. The van der Waals surface area contributed by atoms with Crippen LogP contribution in [0, 0.1) is 0 Å². The van der Waals surface area contributed by atoms with Gasteiger partial charge < -0.3 is 9.73 Å². The Kier molecular flexibility index (Phi) is 3.67. The molecule has 0 aliphatic heterocycles. The number of halogens is 1. The quantitative estimate of drug-likeness (QED) is 0.808. The van der Waals surface area contributed by atoms with Gasteiger partial charge in [-0.1, -0.05) is 13.3 Å². The molecule has 0 aliphatic rings. The first-order valence-electron chi connectivity index (χ1n) is 5.51. The monoisotopic (exact) mass is 238 g/mol. The van der Waals surface area contributed by atoms with Crippen molar-refractivity contribution in [1.29, 1.82) is 0 Å². The van der Waals surface area contributed by atoms with Crippen LogP contribution in [0.25, 0.3) is 11.0 Å². The molecule has 1 unspecified atom stereocenters. The molecule has 16 heavy (non-hydrogen) atoms. The Labute approximate surface area is 99.8 Å². The van der Waals surface area contributed by atoms with Gasteiger partial charge in [0.05, 0.1) is 17.0 Å². The highest BCUT2D eigenvalue weighted by Crippen LogP contribution is 2.21. The van der Waals surface area contributed by atoms with E-state index in [4.69, 9.17) is 16.0 Å². The van der Waals surface area contributed by atoms with Crippen LogP contribution in [0.1, 0.15) is 19.8 Å². The Morgan fingerprint density at radius 1 is 1.50 bits per heavy atom. The average Bonchev–Trinajstić information content (AvgIpc) is 2.75. The van der Waals surface area contributed by atoms with Crippen molar-refractivity contribution in [3.8, 4) is 0 Å². The Balaban J connectivity index is 2.06. The molecular formula is C12H15ClN2O. The normalized spacial score (nSPS) is 12.9. The molecule has 1 atom stereocenters. The van der Waals surface area contributed by atoms with Crippen LogP contribution in [0.5, 0.6) is 0 Å². The van der Waals surface area contributed by atoms with Gasteiger partial charge >= 0.3 is 0 Å². The Morgan fingerprint density at radius 3 is 3.19 bits per heavy atom. The van der Waals surface area contributed by atoms with Crippen LogP contribution < -0.4 is 5.32 Å². The zero-order valence-electron chi connectivity index (χ0n) is 9.24. The average molecular weight is 239 g/mol. The number of nitrogens with zero attached hydrogens (tertiary/aromatic N) is 1. The molecule has 0 aromatic carbocycles. The molecule has 2 heterocycles. The number of anilines is 1. The molecule has 0 spiro atoms. The number of furan rings is 1. The van der Waals surface area contributed by atoms with Gasteiger partial charge in [-0.3, -0.25) is 0 Å². The highest BCUT2D eigenvalue weighted by Gasteiger charge is 2.07. The maximum Gasteiger partial charge on any atom is 0.139 e. The molecule has 0 radical (unpaired) electrons. The predicted molar refractivity (Wildman–Crippen MR) is 67.0 cm³/mol. The van der Waals surface area contributed by atoms with Gasteiger partial charge in [-0.25, -0.2) is 4.98 Å². The molecule has 1 N–H and O–H groups in total. The summed E-state index contributed by atoms with van der Waals surface area (Å²) in [6.07, 6.45) is 5.51. The Morgan fingerprint density at radius 2 is 2.38 bits per heavy atom. The van der Waals surface area contributed by atoms with Crippen LogP contribution in [-0.4, -0.2) is 16.9 Å². The third-order valence-electron chi connectivity index (χ3n) is 2.47. The van der Waals surface area contributed by atoms with Gasteiger partial charge in [0.1, 0.15) is 11.4 Å². The fraction of sp³-hybridized carbons (Fsp3) is 0.417. The zero-order valence-corrected chi connectivity index (χ0v) is 10.00. The lowest BCUT2D eigenvalue weighted by atomic mass is 10.2. The van der Waals surface area contributed by atoms with Gasteiger partial charge in [0.15, 0.2) is 0 Å². The number of fused-ring (bicyclic) bond motifs is 1. The van der Waals surface area contributed by atoms with Gasteiger partial charge in [-0.15, -0.1) is 11.6 Å². The number of rotatable bonds is 5. The number of hydrogen-bond acceptors (Lipinski definition) is 3. The summed E-state index contributed by atoms with van der Waals surface area (Å²) < 4.78 is 5.30. The molecular weight excluding hydrogens is 224 g/mol. The van der Waals surface area contributed by atoms with E-state index in [1.807, 2.05) is 12.1 Å².